The third-order valence-electron chi connectivity index (χ3n) is 4.29. The zero-order valence-electron chi connectivity index (χ0n) is 14.4. The van der Waals surface area contributed by atoms with Gasteiger partial charge in [0.2, 0.25) is 0 Å². The summed E-state index contributed by atoms with van der Waals surface area (Å²) < 4.78 is 4.90. The second-order valence-electron chi connectivity index (χ2n) is 6.14. The Labute approximate surface area is 155 Å². The maximum atomic E-state index is 12.1. The van der Waals surface area contributed by atoms with E-state index in [2.05, 4.69) is 15.3 Å². The fourth-order valence-electron chi connectivity index (χ4n) is 2.96. The Morgan fingerprint density at radius 2 is 1.89 bits per heavy atom. The van der Waals surface area contributed by atoms with Gasteiger partial charge in [-0.2, -0.15) is 0 Å². The molecule has 2 aromatic carbocycles. The number of para-hydroxylation sites is 2. The lowest BCUT2D eigenvalue weighted by Gasteiger charge is -2.05. The number of pyridine rings is 1. The average Bonchev–Trinajstić information content (AvgIpc) is 3.11. The molecule has 2 heterocycles. The molecule has 0 radical (unpaired) electrons. The molecule has 2 N–H and O–H groups in total. The van der Waals surface area contributed by atoms with Gasteiger partial charge in [-0.25, -0.2) is 4.79 Å². The zero-order valence-corrected chi connectivity index (χ0v) is 14.4. The highest BCUT2D eigenvalue weighted by atomic mass is 16.6. The van der Waals surface area contributed by atoms with Crippen LogP contribution < -0.4 is 5.32 Å². The van der Waals surface area contributed by atoms with Gasteiger partial charge in [0.05, 0.1) is 17.6 Å². The van der Waals surface area contributed by atoms with Crippen LogP contribution in [0.1, 0.15) is 15.9 Å². The number of carbonyl (C=O) groups is 2. The number of nitrogens with one attached hydrogen (secondary N) is 2. The molecule has 0 unspecified atom stereocenters. The van der Waals surface area contributed by atoms with Gasteiger partial charge in [0, 0.05) is 35.2 Å². The largest absolute Gasteiger partial charge is 0.388 e. The van der Waals surface area contributed by atoms with Crippen LogP contribution in [0.2, 0.25) is 0 Å². The predicted octanol–water partition coefficient (Wildman–Crippen LogP) is 3.19. The Bertz CT molecular complexity index is 1130. The van der Waals surface area contributed by atoms with Gasteiger partial charge >= 0.3 is 11.9 Å². The van der Waals surface area contributed by atoms with Crippen LogP contribution in [0, 0.1) is 0 Å². The van der Waals surface area contributed by atoms with E-state index in [1.807, 2.05) is 54.7 Å². The number of esters is 2. The zero-order chi connectivity index (χ0) is 18.6. The van der Waals surface area contributed by atoms with Crippen LogP contribution >= 0.6 is 0 Å². The van der Waals surface area contributed by atoms with Gasteiger partial charge in [-0.3, -0.25) is 9.78 Å². The van der Waals surface area contributed by atoms with Crippen LogP contribution in [0.25, 0.3) is 21.8 Å². The second-order valence-corrected chi connectivity index (χ2v) is 6.14. The number of benzene rings is 2. The van der Waals surface area contributed by atoms with Crippen molar-refractivity contribution in [2.75, 3.05) is 6.54 Å². The maximum Gasteiger partial charge on any atom is 0.347 e. The first-order valence-corrected chi connectivity index (χ1v) is 8.56. The Hall–Kier alpha value is -3.51. The molecule has 0 aliphatic carbocycles. The lowest BCUT2D eigenvalue weighted by molar-refractivity contribution is -0.136. The van der Waals surface area contributed by atoms with Crippen LogP contribution in [0.4, 0.5) is 0 Å². The Balaban J connectivity index is 1.33. The van der Waals surface area contributed by atoms with E-state index in [0.29, 0.717) is 6.54 Å². The van der Waals surface area contributed by atoms with E-state index < -0.39 is 11.9 Å². The molecule has 4 rings (SSSR count). The molecule has 6 heteroatoms. The number of H-pyrrole nitrogens is 1. The molecule has 2 aromatic heterocycles. The molecule has 6 nitrogen and oxygen atoms in total. The van der Waals surface area contributed by atoms with Crippen LogP contribution in [-0.4, -0.2) is 28.5 Å². The van der Waals surface area contributed by atoms with Crippen molar-refractivity contribution in [1.29, 1.82) is 0 Å². The molecule has 0 bridgehead atoms. The summed E-state index contributed by atoms with van der Waals surface area (Å²) in [6, 6.07) is 17.0. The monoisotopic (exact) mass is 359 g/mol. The molecule has 0 amide bonds. The Morgan fingerprint density at radius 3 is 2.81 bits per heavy atom. The van der Waals surface area contributed by atoms with E-state index in [9.17, 15) is 9.59 Å². The van der Waals surface area contributed by atoms with Crippen molar-refractivity contribution >= 4 is 33.7 Å². The number of fused-ring (bicyclic) bond motifs is 2. The first kappa shape index (κ1) is 16.9. The summed E-state index contributed by atoms with van der Waals surface area (Å²) in [6.07, 6.45) is 3.31. The number of ether oxygens (including phenoxy) is 1. The highest BCUT2D eigenvalue weighted by Crippen LogP contribution is 2.17. The number of carbonyl (C=O) groups excluding carboxylic acids is 2. The minimum atomic E-state index is -0.702. The summed E-state index contributed by atoms with van der Waals surface area (Å²) >= 11 is 0. The lowest BCUT2D eigenvalue weighted by Crippen LogP contribution is -2.26. The molecule has 0 fully saturated rings. The van der Waals surface area contributed by atoms with Crippen molar-refractivity contribution in [3.8, 4) is 0 Å². The van der Waals surface area contributed by atoms with Gasteiger partial charge in [0.25, 0.3) is 0 Å². The van der Waals surface area contributed by atoms with Crippen molar-refractivity contribution in [1.82, 2.24) is 15.3 Å². The highest BCUT2D eigenvalue weighted by molar-refractivity contribution is 5.99. The molecule has 27 heavy (non-hydrogen) atoms. The SMILES string of the molecule is O=C(CNCc1c[nH]c2ccccc12)OC(=O)c1cnc2ccccc2c1. The summed E-state index contributed by atoms with van der Waals surface area (Å²) in [5.41, 5.74) is 3.11. The molecule has 134 valence electrons. The van der Waals surface area contributed by atoms with Crippen molar-refractivity contribution in [2.45, 2.75) is 6.54 Å². The number of aromatic nitrogens is 2. The van der Waals surface area contributed by atoms with Gasteiger partial charge in [0.15, 0.2) is 0 Å². The number of rotatable bonds is 5. The topological polar surface area (TPSA) is 84.1 Å². The summed E-state index contributed by atoms with van der Waals surface area (Å²) in [5, 5.41) is 4.91. The highest BCUT2D eigenvalue weighted by Gasteiger charge is 2.14. The van der Waals surface area contributed by atoms with Crippen LogP contribution in [-0.2, 0) is 16.1 Å². The predicted molar refractivity (Wildman–Crippen MR) is 102 cm³/mol. The summed E-state index contributed by atoms with van der Waals surface area (Å²) in [7, 11) is 0. The average molecular weight is 359 g/mol. The van der Waals surface area contributed by atoms with Crippen molar-refractivity contribution < 1.29 is 14.3 Å². The first-order chi connectivity index (χ1) is 13.2. The van der Waals surface area contributed by atoms with Gasteiger partial charge < -0.3 is 15.0 Å². The molecular weight excluding hydrogens is 342 g/mol. The lowest BCUT2D eigenvalue weighted by atomic mass is 10.1. The van der Waals surface area contributed by atoms with E-state index in [-0.39, 0.29) is 12.1 Å². The molecular formula is C21H17N3O3. The first-order valence-electron chi connectivity index (χ1n) is 8.56. The van der Waals surface area contributed by atoms with Crippen LogP contribution in [0.15, 0.2) is 67.0 Å². The minimum Gasteiger partial charge on any atom is -0.388 e. The van der Waals surface area contributed by atoms with Crippen molar-refractivity contribution in [3.05, 3.63) is 78.1 Å². The number of aromatic amines is 1. The smallest absolute Gasteiger partial charge is 0.347 e. The molecule has 0 atom stereocenters. The van der Waals surface area contributed by atoms with E-state index in [1.54, 1.807) is 6.07 Å². The van der Waals surface area contributed by atoms with E-state index in [4.69, 9.17) is 4.74 Å². The van der Waals surface area contributed by atoms with Crippen molar-refractivity contribution in [2.24, 2.45) is 0 Å². The summed E-state index contributed by atoms with van der Waals surface area (Å²) in [4.78, 5) is 31.5. The molecule has 0 aliphatic rings. The van der Waals surface area contributed by atoms with Gasteiger partial charge in [0.1, 0.15) is 0 Å². The maximum absolute atomic E-state index is 12.1. The van der Waals surface area contributed by atoms with E-state index in [0.717, 1.165) is 27.4 Å². The third-order valence-corrected chi connectivity index (χ3v) is 4.29. The van der Waals surface area contributed by atoms with E-state index >= 15 is 0 Å². The number of hydrogen-bond donors (Lipinski definition) is 2. The molecule has 0 saturated heterocycles. The normalized spacial score (nSPS) is 11.0. The van der Waals surface area contributed by atoms with Crippen LogP contribution in [0.3, 0.4) is 0 Å². The summed E-state index contributed by atoms with van der Waals surface area (Å²) in [5.74, 6) is -1.33. The molecule has 4 aromatic rings. The van der Waals surface area contributed by atoms with Crippen LogP contribution in [0.5, 0.6) is 0 Å². The number of nitrogens with zero attached hydrogens (tertiary/aromatic N) is 1. The number of hydrogen-bond acceptors (Lipinski definition) is 5. The van der Waals surface area contributed by atoms with Crippen molar-refractivity contribution in [3.63, 3.8) is 0 Å². The second kappa shape index (κ2) is 7.39. The molecule has 0 saturated carbocycles. The Kier molecular flexibility index (Phi) is 4.63. The van der Waals surface area contributed by atoms with Gasteiger partial charge in [-0.1, -0.05) is 36.4 Å². The van der Waals surface area contributed by atoms with Gasteiger partial charge in [-0.05, 0) is 23.8 Å². The fourth-order valence-corrected chi connectivity index (χ4v) is 2.96. The minimum absolute atomic E-state index is 0.0632. The third kappa shape index (κ3) is 3.70. The summed E-state index contributed by atoms with van der Waals surface area (Å²) in [6.45, 7) is 0.428. The Morgan fingerprint density at radius 1 is 1.07 bits per heavy atom. The fraction of sp³-hybridized carbons (Fsp3) is 0.0952. The van der Waals surface area contributed by atoms with Gasteiger partial charge in [-0.15, -0.1) is 0 Å². The van der Waals surface area contributed by atoms with E-state index in [1.165, 1.54) is 6.20 Å². The quantitative estimate of drug-likeness (QED) is 0.422. The molecule has 0 spiro atoms. The standard InChI is InChI=1S/C21H17N3O3/c25-20(13-22-10-16-12-24-19-8-4-2-6-17(16)19)27-21(26)15-9-14-5-1-3-7-18(14)23-11-15/h1-9,11-12,22,24H,10,13H2. The molecule has 0 aliphatic heterocycles.